The normalized spacial score (nSPS) is 17.7. The number of nitrogens with zero attached hydrogens (tertiary/aromatic N) is 1. The summed E-state index contributed by atoms with van der Waals surface area (Å²) in [5, 5.41) is 2.88. The number of nitrogens with one attached hydrogen (secondary N) is 1. The first kappa shape index (κ1) is 18.4. The fourth-order valence-electron chi connectivity index (χ4n) is 3.36. The minimum Gasteiger partial charge on any atom is -0.346 e. The van der Waals surface area contributed by atoms with Gasteiger partial charge in [0.2, 0.25) is 10.0 Å². The molecule has 0 aliphatic carbocycles. The van der Waals surface area contributed by atoms with E-state index in [0.29, 0.717) is 17.7 Å². The second-order valence-electron chi connectivity index (χ2n) is 6.70. The van der Waals surface area contributed by atoms with Crippen LogP contribution in [0.5, 0.6) is 0 Å². The lowest BCUT2D eigenvalue weighted by molar-refractivity contribution is 0.0940. The standard InChI is InChI=1S/C19H21FN2O3S/c1-12-10-16-11-15(6-9-18(16)22(12)26(3,24)25)19(23)21-13(2)14-4-7-17(20)8-5-14/h4-9,11-13H,10H2,1-3H3,(H,21,23)/t12-,13+/m0/s1. The van der Waals surface area contributed by atoms with Gasteiger partial charge in [-0.05, 0) is 61.7 Å². The van der Waals surface area contributed by atoms with E-state index in [-0.39, 0.29) is 23.8 Å². The van der Waals surface area contributed by atoms with Crippen molar-refractivity contribution in [3.8, 4) is 0 Å². The first-order valence-electron chi connectivity index (χ1n) is 8.35. The van der Waals surface area contributed by atoms with Crippen LogP contribution in [-0.4, -0.2) is 26.6 Å². The third kappa shape index (κ3) is 3.58. The zero-order chi connectivity index (χ0) is 19.1. The fraction of sp³-hybridized carbons (Fsp3) is 0.316. The number of carbonyl (C=O) groups excluding carboxylic acids is 1. The van der Waals surface area contributed by atoms with E-state index in [1.165, 1.54) is 22.7 Å². The summed E-state index contributed by atoms with van der Waals surface area (Å²) in [4.78, 5) is 12.5. The van der Waals surface area contributed by atoms with Crippen molar-refractivity contribution < 1.29 is 17.6 Å². The smallest absolute Gasteiger partial charge is 0.251 e. The van der Waals surface area contributed by atoms with E-state index < -0.39 is 10.0 Å². The van der Waals surface area contributed by atoms with Gasteiger partial charge >= 0.3 is 0 Å². The third-order valence-corrected chi connectivity index (χ3v) is 5.84. The van der Waals surface area contributed by atoms with Crippen LogP contribution in [0, 0.1) is 5.82 Å². The molecule has 2 aromatic rings. The van der Waals surface area contributed by atoms with Crippen molar-refractivity contribution in [3.05, 3.63) is 65.0 Å². The molecule has 0 unspecified atom stereocenters. The monoisotopic (exact) mass is 376 g/mol. The van der Waals surface area contributed by atoms with E-state index in [9.17, 15) is 17.6 Å². The molecule has 1 aliphatic rings. The summed E-state index contributed by atoms with van der Waals surface area (Å²) in [6.45, 7) is 3.67. The molecule has 1 N–H and O–H groups in total. The van der Waals surface area contributed by atoms with Crippen molar-refractivity contribution >= 4 is 21.6 Å². The Hall–Kier alpha value is -2.41. The molecule has 3 rings (SSSR count). The van der Waals surface area contributed by atoms with Gasteiger partial charge in [0, 0.05) is 11.6 Å². The van der Waals surface area contributed by atoms with Crippen LogP contribution in [0.1, 0.15) is 41.4 Å². The Bertz CT molecular complexity index is 942. The first-order chi connectivity index (χ1) is 12.2. The van der Waals surface area contributed by atoms with Gasteiger partial charge in [-0.1, -0.05) is 12.1 Å². The molecule has 0 spiro atoms. The van der Waals surface area contributed by atoms with Crippen molar-refractivity contribution in [3.63, 3.8) is 0 Å². The molecule has 138 valence electrons. The Morgan fingerprint density at radius 2 is 1.88 bits per heavy atom. The van der Waals surface area contributed by atoms with Crippen LogP contribution in [0.25, 0.3) is 0 Å². The summed E-state index contributed by atoms with van der Waals surface area (Å²) in [6.07, 6.45) is 1.75. The molecule has 2 aromatic carbocycles. The molecular formula is C19H21FN2O3S. The molecule has 0 aromatic heterocycles. The summed E-state index contributed by atoms with van der Waals surface area (Å²) < 4.78 is 38.4. The van der Waals surface area contributed by atoms with Gasteiger partial charge in [0.15, 0.2) is 0 Å². The van der Waals surface area contributed by atoms with Gasteiger partial charge < -0.3 is 5.32 Å². The average molecular weight is 376 g/mol. The van der Waals surface area contributed by atoms with Crippen LogP contribution in [0.15, 0.2) is 42.5 Å². The highest BCUT2D eigenvalue weighted by molar-refractivity contribution is 7.92. The molecule has 1 aliphatic heterocycles. The average Bonchev–Trinajstić information content (AvgIpc) is 2.90. The van der Waals surface area contributed by atoms with Crippen LogP contribution >= 0.6 is 0 Å². The van der Waals surface area contributed by atoms with Crippen molar-refractivity contribution in [2.45, 2.75) is 32.4 Å². The number of hydrogen-bond acceptors (Lipinski definition) is 3. The number of rotatable bonds is 4. The molecule has 0 fully saturated rings. The van der Waals surface area contributed by atoms with E-state index >= 15 is 0 Å². The summed E-state index contributed by atoms with van der Waals surface area (Å²) in [5.74, 6) is -0.578. The molecule has 0 saturated heterocycles. The highest BCUT2D eigenvalue weighted by Gasteiger charge is 2.32. The summed E-state index contributed by atoms with van der Waals surface area (Å²) in [5.41, 5.74) is 2.74. The van der Waals surface area contributed by atoms with E-state index in [1.54, 1.807) is 30.3 Å². The molecular weight excluding hydrogens is 355 g/mol. The number of sulfonamides is 1. The lowest BCUT2D eigenvalue weighted by Gasteiger charge is -2.22. The van der Waals surface area contributed by atoms with Gasteiger partial charge in [0.25, 0.3) is 5.91 Å². The number of carbonyl (C=O) groups is 1. The second-order valence-corrected chi connectivity index (χ2v) is 8.56. The Kier molecular flexibility index (Phi) is 4.75. The van der Waals surface area contributed by atoms with Gasteiger partial charge in [-0.15, -0.1) is 0 Å². The molecule has 26 heavy (non-hydrogen) atoms. The fourth-order valence-corrected chi connectivity index (χ4v) is 4.63. The highest BCUT2D eigenvalue weighted by Crippen LogP contribution is 2.34. The third-order valence-electron chi connectivity index (χ3n) is 4.57. The molecule has 5 nitrogen and oxygen atoms in total. The van der Waals surface area contributed by atoms with Crippen LogP contribution in [-0.2, 0) is 16.4 Å². The van der Waals surface area contributed by atoms with Crippen LogP contribution in [0.4, 0.5) is 10.1 Å². The molecule has 0 saturated carbocycles. The molecule has 7 heteroatoms. The van der Waals surface area contributed by atoms with Crippen molar-refractivity contribution in [1.29, 1.82) is 0 Å². The minimum absolute atomic E-state index is 0.170. The summed E-state index contributed by atoms with van der Waals surface area (Å²) in [7, 11) is -3.35. The number of fused-ring (bicyclic) bond motifs is 1. The zero-order valence-electron chi connectivity index (χ0n) is 14.9. The van der Waals surface area contributed by atoms with Crippen molar-refractivity contribution in [2.24, 2.45) is 0 Å². The maximum absolute atomic E-state index is 13.0. The lowest BCUT2D eigenvalue weighted by Crippen LogP contribution is -2.34. The maximum Gasteiger partial charge on any atom is 0.251 e. The van der Waals surface area contributed by atoms with Gasteiger partial charge in [0.1, 0.15) is 5.82 Å². The Balaban J connectivity index is 1.80. The Morgan fingerprint density at radius 1 is 1.23 bits per heavy atom. The van der Waals surface area contributed by atoms with Crippen molar-refractivity contribution in [1.82, 2.24) is 5.32 Å². The number of amides is 1. The van der Waals surface area contributed by atoms with Gasteiger partial charge in [0.05, 0.1) is 18.0 Å². The molecule has 0 bridgehead atoms. The highest BCUT2D eigenvalue weighted by atomic mass is 32.2. The number of benzene rings is 2. The van der Waals surface area contributed by atoms with E-state index in [1.807, 2.05) is 13.8 Å². The first-order valence-corrected chi connectivity index (χ1v) is 10.2. The van der Waals surface area contributed by atoms with E-state index in [0.717, 1.165) is 11.1 Å². The number of anilines is 1. The zero-order valence-corrected chi connectivity index (χ0v) is 15.7. The summed E-state index contributed by atoms with van der Waals surface area (Å²) in [6, 6.07) is 10.6. The topological polar surface area (TPSA) is 66.5 Å². The van der Waals surface area contributed by atoms with Gasteiger partial charge in [-0.25, -0.2) is 12.8 Å². The van der Waals surface area contributed by atoms with Crippen molar-refractivity contribution in [2.75, 3.05) is 10.6 Å². The predicted octanol–water partition coefficient (Wildman–Crippen LogP) is 3.03. The predicted molar refractivity (Wildman–Crippen MR) is 99.2 cm³/mol. The molecule has 0 radical (unpaired) electrons. The number of halogens is 1. The van der Waals surface area contributed by atoms with E-state index in [2.05, 4.69) is 5.32 Å². The maximum atomic E-state index is 13.0. The lowest BCUT2D eigenvalue weighted by atomic mass is 10.0. The molecule has 1 amide bonds. The Labute approximate surface area is 152 Å². The molecule has 2 atom stereocenters. The quantitative estimate of drug-likeness (QED) is 0.892. The SMILES string of the molecule is C[C@@H](NC(=O)c1ccc2c(c1)C[C@H](C)N2S(C)(=O)=O)c1ccc(F)cc1. The second kappa shape index (κ2) is 6.72. The van der Waals surface area contributed by atoms with E-state index in [4.69, 9.17) is 0 Å². The van der Waals surface area contributed by atoms with Crippen LogP contribution in [0.2, 0.25) is 0 Å². The van der Waals surface area contributed by atoms with Crippen LogP contribution in [0.3, 0.4) is 0 Å². The van der Waals surface area contributed by atoms with Gasteiger partial charge in [-0.3, -0.25) is 9.10 Å². The Morgan fingerprint density at radius 3 is 2.50 bits per heavy atom. The molecule has 1 heterocycles. The minimum atomic E-state index is -3.35. The van der Waals surface area contributed by atoms with Gasteiger partial charge in [-0.2, -0.15) is 0 Å². The van der Waals surface area contributed by atoms with Crippen LogP contribution < -0.4 is 9.62 Å². The largest absolute Gasteiger partial charge is 0.346 e. The number of hydrogen-bond donors (Lipinski definition) is 1. The summed E-state index contributed by atoms with van der Waals surface area (Å²) >= 11 is 0.